The van der Waals surface area contributed by atoms with Gasteiger partial charge in [0.25, 0.3) is 0 Å². The van der Waals surface area contributed by atoms with Crippen LogP contribution in [0.2, 0.25) is 18.1 Å². The fourth-order valence-electron chi connectivity index (χ4n) is 1.08. The van der Waals surface area contributed by atoms with Crippen molar-refractivity contribution in [3.63, 3.8) is 0 Å². The quantitative estimate of drug-likeness (QED) is 0.520. The summed E-state index contributed by atoms with van der Waals surface area (Å²) < 4.78 is 5.82. The molecule has 0 spiro atoms. The van der Waals surface area contributed by atoms with Crippen molar-refractivity contribution in [3.05, 3.63) is 0 Å². The lowest BCUT2D eigenvalue weighted by Crippen LogP contribution is -2.38. The summed E-state index contributed by atoms with van der Waals surface area (Å²) in [5.41, 5.74) is 0.703. The van der Waals surface area contributed by atoms with Crippen LogP contribution in [-0.4, -0.2) is 20.7 Å². The Morgan fingerprint density at radius 1 is 1.45 bits per heavy atom. The minimum absolute atomic E-state index is 0.703. The Balaban J connectivity index is 4.01. The summed E-state index contributed by atoms with van der Waals surface area (Å²) in [6, 6.07) is 1.17. The van der Waals surface area contributed by atoms with E-state index in [1.807, 2.05) is 0 Å². The van der Waals surface area contributed by atoms with E-state index in [9.17, 15) is 0 Å². The maximum absolute atomic E-state index is 5.82. The van der Waals surface area contributed by atoms with Crippen LogP contribution in [0.1, 0.15) is 20.8 Å². The average Bonchev–Trinajstić information content (AvgIpc) is 1.88. The van der Waals surface area contributed by atoms with Crippen LogP contribution in [0.3, 0.4) is 0 Å². The topological polar surface area (TPSA) is 9.23 Å². The number of rotatable bonds is 5. The molecule has 1 unspecified atom stereocenters. The van der Waals surface area contributed by atoms with Crippen molar-refractivity contribution in [1.29, 1.82) is 0 Å². The van der Waals surface area contributed by atoms with Gasteiger partial charge < -0.3 is 4.43 Å². The fourth-order valence-corrected chi connectivity index (χ4v) is 4.57. The van der Waals surface area contributed by atoms with Crippen LogP contribution in [0.25, 0.3) is 0 Å². The van der Waals surface area contributed by atoms with Crippen LogP contribution in [0.15, 0.2) is 0 Å². The van der Waals surface area contributed by atoms with Gasteiger partial charge in [0.15, 0.2) is 8.32 Å². The number of hydrogen-bond donors (Lipinski definition) is 1. The predicted octanol–water partition coefficient (Wildman–Crippen LogP) is 2.94. The van der Waals surface area contributed by atoms with E-state index in [2.05, 4.69) is 39.9 Å². The van der Waals surface area contributed by atoms with Gasteiger partial charge in [0.1, 0.15) is 0 Å². The molecule has 0 fully saturated rings. The highest BCUT2D eigenvalue weighted by Gasteiger charge is 2.31. The van der Waals surface area contributed by atoms with Crippen molar-refractivity contribution in [2.45, 2.75) is 38.9 Å². The zero-order valence-electron chi connectivity index (χ0n) is 8.05. The first kappa shape index (κ1) is 11.5. The van der Waals surface area contributed by atoms with Crippen LogP contribution >= 0.6 is 12.6 Å². The van der Waals surface area contributed by atoms with Crippen LogP contribution in [-0.2, 0) is 4.43 Å². The second kappa shape index (κ2) is 5.22. The molecule has 0 aliphatic rings. The molecule has 0 aliphatic carbocycles. The van der Waals surface area contributed by atoms with E-state index in [1.165, 1.54) is 6.04 Å². The van der Waals surface area contributed by atoms with Crippen molar-refractivity contribution in [3.8, 4) is 0 Å². The lowest BCUT2D eigenvalue weighted by atomic mass is 10.6. The summed E-state index contributed by atoms with van der Waals surface area (Å²) in [5.74, 6) is 0.959. The van der Waals surface area contributed by atoms with E-state index in [0.29, 0.717) is 5.54 Å². The van der Waals surface area contributed by atoms with Gasteiger partial charge in [-0.15, -0.1) is 0 Å². The van der Waals surface area contributed by atoms with Crippen LogP contribution in [0.5, 0.6) is 0 Å². The standard InChI is InChI=1S/C8H20OSSi/c1-5-9-11(4,7-6-10)8(2)3/h8,10H,5-7H2,1-4H3. The lowest BCUT2D eigenvalue weighted by Gasteiger charge is -2.30. The van der Waals surface area contributed by atoms with Gasteiger partial charge in [-0.25, -0.2) is 0 Å². The third kappa shape index (κ3) is 3.63. The van der Waals surface area contributed by atoms with Crippen molar-refractivity contribution >= 4 is 20.9 Å². The molecule has 0 radical (unpaired) electrons. The molecule has 0 N–H and O–H groups in total. The molecule has 0 aromatic heterocycles. The first-order chi connectivity index (χ1) is 5.06. The van der Waals surface area contributed by atoms with E-state index in [-0.39, 0.29) is 0 Å². The Morgan fingerprint density at radius 2 is 2.00 bits per heavy atom. The molecular formula is C8H20OSSi. The number of thiol groups is 1. The molecule has 68 valence electrons. The fraction of sp³-hybridized carbons (Fsp3) is 1.00. The maximum Gasteiger partial charge on any atom is 0.193 e. The molecule has 11 heavy (non-hydrogen) atoms. The summed E-state index contributed by atoms with van der Waals surface area (Å²) in [5, 5.41) is 0. The van der Waals surface area contributed by atoms with Gasteiger partial charge in [-0.2, -0.15) is 12.6 Å². The highest BCUT2D eigenvalue weighted by Crippen LogP contribution is 2.26. The van der Waals surface area contributed by atoms with Gasteiger partial charge in [-0.05, 0) is 30.8 Å². The molecule has 1 atom stereocenters. The van der Waals surface area contributed by atoms with E-state index >= 15 is 0 Å². The first-order valence-corrected chi connectivity index (χ1v) is 7.64. The van der Waals surface area contributed by atoms with E-state index in [1.54, 1.807) is 0 Å². The molecule has 0 bridgehead atoms. The predicted molar refractivity (Wildman–Crippen MR) is 57.0 cm³/mol. The van der Waals surface area contributed by atoms with Gasteiger partial charge in [0, 0.05) is 6.61 Å². The molecule has 1 nitrogen and oxygen atoms in total. The SMILES string of the molecule is CCO[Si](C)(CCS)C(C)C. The molecule has 3 heteroatoms. The van der Waals surface area contributed by atoms with E-state index in [4.69, 9.17) is 4.43 Å². The molecular weight excluding hydrogens is 172 g/mol. The van der Waals surface area contributed by atoms with Crippen LogP contribution < -0.4 is 0 Å². The number of hydrogen-bond acceptors (Lipinski definition) is 2. The highest BCUT2D eigenvalue weighted by molar-refractivity contribution is 7.80. The van der Waals surface area contributed by atoms with E-state index in [0.717, 1.165) is 12.4 Å². The lowest BCUT2D eigenvalue weighted by molar-refractivity contribution is 0.318. The smallest absolute Gasteiger partial charge is 0.193 e. The molecule has 0 aliphatic heterocycles. The molecule has 0 rings (SSSR count). The third-order valence-corrected chi connectivity index (χ3v) is 7.58. The van der Waals surface area contributed by atoms with Crippen molar-refractivity contribution < 1.29 is 4.43 Å². The van der Waals surface area contributed by atoms with Crippen LogP contribution in [0, 0.1) is 0 Å². The summed E-state index contributed by atoms with van der Waals surface area (Å²) in [4.78, 5) is 0. The van der Waals surface area contributed by atoms with Gasteiger partial charge in [-0.3, -0.25) is 0 Å². The van der Waals surface area contributed by atoms with Gasteiger partial charge >= 0.3 is 0 Å². The third-order valence-electron chi connectivity index (χ3n) is 2.30. The molecule has 0 amide bonds. The van der Waals surface area contributed by atoms with Crippen molar-refractivity contribution in [1.82, 2.24) is 0 Å². The average molecular weight is 192 g/mol. The van der Waals surface area contributed by atoms with Gasteiger partial charge in [0.05, 0.1) is 0 Å². The Labute approximate surface area is 77.1 Å². The van der Waals surface area contributed by atoms with Crippen LogP contribution in [0.4, 0.5) is 0 Å². The Hall–Kier alpha value is 0.527. The highest BCUT2D eigenvalue weighted by atomic mass is 32.1. The van der Waals surface area contributed by atoms with Crippen molar-refractivity contribution in [2.24, 2.45) is 0 Å². The zero-order valence-corrected chi connectivity index (χ0v) is 9.95. The summed E-state index contributed by atoms with van der Waals surface area (Å²) >= 11 is 4.26. The minimum atomic E-state index is -1.40. The van der Waals surface area contributed by atoms with Gasteiger partial charge in [0.2, 0.25) is 0 Å². The molecule has 0 aromatic carbocycles. The summed E-state index contributed by atoms with van der Waals surface area (Å²) in [6.45, 7) is 9.74. The Kier molecular flexibility index (Phi) is 5.47. The Morgan fingerprint density at radius 3 is 2.27 bits per heavy atom. The molecule has 0 heterocycles. The molecule has 0 aromatic rings. The minimum Gasteiger partial charge on any atom is -0.417 e. The second-order valence-electron chi connectivity index (χ2n) is 3.37. The summed E-state index contributed by atoms with van der Waals surface area (Å²) in [7, 11) is -1.40. The largest absolute Gasteiger partial charge is 0.417 e. The molecule has 0 saturated heterocycles. The first-order valence-electron chi connectivity index (χ1n) is 4.31. The van der Waals surface area contributed by atoms with Crippen molar-refractivity contribution in [2.75, 3.05) is 12.4 Å². The summed E-state index contributed by atoms with van der Waals surface area (Å²) in [6.07, 6.45) is 0. The zero-order chi connectivity index (χ0) is 8.91. The Bertz CT molecular complexity index is 100. The van der Waals surface area contributed by atoms with E-state index < -0.39 is 8.32 Å². The maximum atomic E-state index is 5.82. The molecule has 0 saturated carbocycles. The van der Waals surface area contributed by atoms with Gasteiger partial charge in [-0.1, -0.05) is 13.8 Å². The second-order valence-corrected chi connectivity index (χ2v) is 8.39. The monoisotopic (exact) mass is 192 g/mol. The normalized spacial score (nSPS) is 16.9.